The summed E-state index contributed by atoms with van der Waals surface area (Å²) in [7, 11) is 0. The Labute approximate surface area is 136 Å². The van der Waals surface area contributed by atoms with Gasteiger partial charge in [-0.1, -0.05) is 13.0 Å². The lowest BCUT2D eigenvalue weighted by atomic mass is 9.82. The second kappa shape index (κ2) is 4.81. The number of halogens is 3. The standard InChI is InChI=1S/C17H16F3NO3/c1-9-14-5-10-2-3-12(17(18,19)20)4-11(10)7-21(14)15(23)16(9)6-13(22)8-24-16/h2-4,9,14H,5-8H2,1H3. The van der Waals surface area contributed by atoms with E-state index < -0.39 is 17.3 Å². The fourth-order valence-electron chi connectivity index (χ4n) is 4.24. The third-order valence-electron chi connectivity index (χ3n) is 5.59. The van der Waals surface area contributed by atoms with Crippen molar-refractivity contribution in [3.63, 3.8) is 0 Å². The van der Waals surface area contributed by atoms with Crippen LogP contribution in [0.1, 0.15) is 30.0 Å². The molecular formula is C17H16F3NO3. The molecule has 0 radical (unpaired) electrons. The molecule has 0 aliphatic carbocycles. The van der Waals surface area contributed by atoms with Crippen molar-refractivity contribution in [1.29, 1.82) is 0 Å². The van der Waals surface area contributed by atoms with E-state index in [1.807, 2.05) is 6.92 Å². The number of alkyl halides is 3. The van der Waals surface area contributed by atoms with Gasteiger partial charge in [0.1, 0.15) is 6.61 Å². The maximum atomic E-state index is 12.9. The number of hydrogen-bond donors (Lipinski definition) is 0. The van der Waals surface area contributed by atoms with Crippen molar-refractivity contribution in [2.24, 2.45) is 5.92 Å². The molecule has 1 aromatic rings. The van der Waals surface area contributed by atoms with Crippen molar-refractivity contribution in [2.45, 2.75) is 44.1 Å². The van der Waals surface area contributed by atoms with Crippen molar-refractivity contribution in [1.82, 2.24) is 4.90 Å². The third-order valence-corrected chi connectivity index (χ3v) is 5.59. The predicted octanol–water partition coefficient (Wildman–Crippen LogP) is 2.34. The van der Waals surface area contributed by atoms with Gasteiger partial charge in [-0.25, -0.2) is 0 Å². The molecule has 3 atom stereocenters. The summed E-state index contributed by atoms with van der Waals surface area (Å²) >= 11 is 0. The molecule has 4 rings (SSSR count). The van der Waals surface area contributed by atoms with E-state index >= 15 is 0 Å². The van der Waals surface area contributed by atoms with Crippen LogP contribution in [-0.4, -0.2) is 34.8 Å². The smallest absolute Gasteiger partial charge is 0.357 e. The maximum Gasteiger partial charge on any atom is 0.416 e. The van der Waals surface area contributed by atoms with Gasteiger partial charge in [0, 0.05) is 24.9 Å². The Bertz CT molecular complexity index is 745. The van der Waals surface area contributed by atoms with Crippen molar-refractivity contribution in [3.8, 4) is 0 Å². The predicted molar refractivity (Wildman–Crippen MR) is 77.0 cm³/mol. The minimum absolute atomic E-state index is 0.0597. The molecule has 24 heavy (non-hydrogen) atoms. The average Bonchev–Trinajstić information content (AvgIpc) is 3.01. The first-order valence-electron chi connectivity index (χ1n) is 7.88. The molecule has 3 aliphatic rings. The highest BCUT2D eigenvalue weighted by molar-refractivity contribution is 5.97. The van der Waals surface area contributed by atoms with Crippen molar-refractivity contribution >= 4 is 11.7 Å². The minimum atomic E-state index is -4.41. The van der Waals surface area contributed by atoms with Crippen LogP contribution in [-0.2, 0) is 33.5 Å². The highest BCUT2D eigenvalue weighted by Crippen LogP contribution is 2.46. The molecule has 1 spiro atoms. The molecule has 0 N–H and O–H groups in total. The van der Waals surface area contributed by atoms with Crippen molar-refractivity contribution in [2.75, 3.05) is 6.61 Å². The largest absolute Gasteiger partial charge is 0.416 e. The van der Waals surface area contributed by atoms with Gasteiger partial charge in [0.2, 0.25) is 0 Å². The fraction of sp³-hybridized carbons (Fsp3) is 0.529. The Balaban J connectivity index is 1.70. The molecule has 2 fully saturated rings. The number of nitrogens with zero attached hydrogens (tertiary/aromatic N) is 1. The SMILES string of the molecule is CC1C2Cc3ccc(C(F)(F)F)cc3CN2C(=O)C12CC(=O)CO2. The Morgan fingerprint density at radius 2 is 2.00 bits per heavy atom. The maximum absolute atomic E-state index is 12.9. The lowest BCUT2D eigenvalue weighted by molar-refractivity contribution is -0.147. The van der Waals surface area contributed by atoms with E-state index in [0.29, 0.717) is 12.0 Å². The van der Waals surface area contributed by atoms with Crippen LogP contribution < -0.4 is 0 Å². The number of ketones is 1. The molecule has 128 valence electrons. The summed E-state index contributed by atoms with van der Waals surface area (Å²) in [5.74, 6) is -0.548. The highest BCUT2D eigenvalue weighted by Gasteiger charge is 2.62. The van der Waals surface area contributed by atoms with Gasteiger partial charge < -0.3 is 9.64 Å². The minimum Gasteiger partial charge on any atom is -0.357 e. The molecule has 0 saturated carbocycles. The number of fused-ring (bicyclic) bond motifs is 2. The van der Waals surface area contributed by atoms with Gasteiger partial charge in [-0.05, 0) is 29.7 Å². The fourth-order valence-corrected chi connectivity index (χ4v) is 4.24. The Morgan fingerprint density at radius 1 is 1.25 bits per heavy atom. The zero-order valence-electron chi connectivity index (χ0n) is 13.0. The van der Waals surface area contributed by atoms with Gasteiger partial charge in [-0.3, -0.25) is 9.59 Å². The van der Waals surface area contributed by atoms with Crippen LogP contribution in [0.4, 0.5) is 13.2 Å². The lowest BCUT2D eigenvalue weighted by Crippen LogP contribution is -2.42. The number of amides is 1. The van der Waals surface area contributed by atoms with Gasteiger partial charge >= 0.3 is 6.18 Å². The van der Waals surface area contributed by atoms with E-state index in [1.165, 1.54) is 6.07 Å². The number of carbonyl (C=O) groups excluding carboxylic acids is 2. The Kier molecular flexibility index (Phi) is 3.13. The molecule has 0 bridgehead atoms. The highest BCUT2D eigenvalue weighted by atomic mass is 19.4. The topological polar surface area (TPSA) is 46.6 Å². The van der Waals surface area contributed by atoms with E-state index in [-0.39, 0.29) is 43.2 Å². The molecule has 2 saturated heterocycles. The van der Waals surface area contributed by atoms with Crippen LogP contribution in [0.5, 0.6) is 0 Å². The molecular weight excluding hydrogens is 323 g/mol. The molecule has 7 heteroatoms. The van der Waals surface area contributed by atoms with E-state index in [4.69, 9.17) is 4.74 Å². The molecule has 3 aliphatic heterocycles. The second-order valence-corrected chi connectivity index (χ2v) is 6.87. The number of ether oxygens (including phenoxy) is 1. The molecule has 3 heterocycles. The van der Waals surface area contributed by atoms with Crippen LogP contribution in [0, 0.1) is 5.92 Å². The average molecular weight is 339 g/mol. The number of Topliss-reactive ketones (excluding diaryl/α,β-unsaturated/α-hetero) is 1. The number of benzene rings is 1. The number of carbonyl (C=O) groups is 2. The van der Waals surface area contributed by atoms with E-state index in [0.717, 1.165) is 17.7 Å². The lowest BCUT2D eigenvalue weighted by Gasteiger charge is -2.33. The summed E-state index contributed by atoms with van der Waals surface area (Å²) in [4.78, 5) is 26.1. The molecule has 0 aromatic heterocycles. The molecule has 1 amide bonds. The normalized spacial score (nSPS) is 32.4. The Hall–Kier alpha value is -1.89. The first kappa shape index (κ1) is 15.6. The zero-order chi connectivity index (χ0) is 17.3. The summed E-state index contributed by atoms with van der Waals surface area (Å²) < 4.78 is 44.3. The summed E-state index contributed by atoms with van der Waals surface area (Å²) in [6.45, 7) is 1.95. The summed E-state index contributed by atoms with van der Waals surface area (Å²) in [6.07, 6.45) is -3.86. The van der Waals surface area contributed by atoms with E-state index in [2.05, 4.69) is 0 Å². The Morgan fingerprint density at radius 3 is 2.62 bits per heavy atom. The van der Waals surface area contributed by atoms with Crippen LogP contribution in [0.15, 0.2) is 18.2 Å². The van der Waals surface area contributed by atoms with Crippen LogP contribution in [0.2, 0.25) is 0 Å². The molecule has 4 nitrogen and oxygen atoms in total. The van der Waals surface area contributed by atoms with Gasteiger partial charge in [0.05, 0.1) is 5.56 Å². The zero-order valence-corrected chi connectivity index (χ0v) is 13.0. The van der Waals surface area contributed by atoms with Gasteiger partial charge in [0.25, 0.3) is 5.91 Å². The summed E-state index contributed by atoms with van der Waals surface area (Å²) in [5.41, 5.74) is -0.494. The van der Waals surface area contributed by atoms with Gasteiger partial charge in [-0.15, -0.1) is 0 Å². The third kappa shape index (κ3) is 2.03. The van der Waals surface area contributed by atoms with Crippen LogP contribution >= 0.6 is 0 Å². The number of rotatable bonds is 0. The first-order chi connectivity index (χ1) is 11.2. The van der Waals surface area contributed by atoms with Gasteiger partial charge in [-0.2, -0.15) is 13.2 Å². The first-order valence-corrected chi connectivity index (χ1v) is 7.88. The van der Waals surface area contributed by atoms with Crippen LogP contribution in [0.25, 0.3) is 0 Å². The van der Waals surface area contributed by atoms with Crippen molar-refractivity contribution < 1.29 is 27.5 Å². The summed E-state index contributed by atoms with van der Waals surface area (Å²) in [6, 6.07) is 3.56. The number of hydrogen-bond acceptors (Lipinski definition) is 3. The van der Waals surface area contributed by atoms with E-state index in [9.17, 15) is 22.8 Å². The monoisotopic (exact) mass is 339 g/mol. The van der Waals surface area contributed by atoms with E-state index in [1.54, 1.807) is 4.90 Å². The second-order valence-electron chi connectivity index (χ2n) is 6.87. The summed E-state index contributed by atoms with van der Waals surface area (Å²) in [5, 5.41) is 0. The van der Waals surface area contributed by atoms with Crippen LogP contribution in [0.3, 0.4) is 0 Å². The van der Waals surface area contributed by atoms with Gasteiger partial charge in [0.15, 0.2) is 11.4 Å². The molecule has 3 unspecified atom stereocenters. The van der Waals surface area contributed by atoms with Crippen molar-refractivity contribution in [3.05, 3.63) is 34.9 Å². The molecule has 1 aromatic carbocycles. The quantitative estimate of drug-likeness (QED) is 0.729.